The van der Waals surface area contributed by atoms with Crippen molar-refractivity contribution in [3.63, 3.8) is 0 Å². The predicted octanol–water partition coefficient (Wildman–Crippen LogP) is 3.07. The highest BCUT2D eigenvalue weighted by Crippen LogP contribution is 2.29. The summed E-state index contributed by atoms with van der Waals surface area (Å²) in [6.45, 7) is 1.92. The number of furan rings is 1. The average Bonchev–Trinajstić information content (AvgIpc) is 2.85. The van der Waals surface area contributed by atoms with E-state index in [2.05, 4.69) is 21.0 Å². The summed E-state index contributed by atoms with van der Waals surface area (Å²) in [5.41, 5.74) is 1.96. The van der Waals surface area contributed by atoms with Crippen molar-refractivity contribution < 1.29 is 14.3 Å². The van der Waals surface area contributed by atoms with E-state index >= 15 is 0 Å². The first-order valence-corrected chi connectivity index (χ1v) is 6.91. The van der Waals surface area contributed by atoms with Crippen LogP contribution in [-0.4, -0.2) is 20.9 Å². The van der Waals surface area contributed by atoms with Gasteiger partial charge in [-0.1, -0.05) is 11.8 Å². The Labute approximate surface area is 116 Å². The number of carboxylic acid groups (broad SMARTS) is 1. The van der Waals surface area contributed by atoms with Crippen molar-refractivity contribution in [3.05, 3.63) is 33.8 Å². The highest BCUT2D eigenvalue weighted by molar-refractivity contribution is 9.10. The first-order chi connectivity index (χ1) is 8.49. The van der Waals surface area contributed by atoms with Crippen LogP contribution in [0.3, 0.4) is 0 Å². The number of hydrogen-bond donors (Lipinski definition) is 1. The van der Waals surface area contributed by atoms with Crippen LogP contribution in [-0.2, 0) is 12.8 Å². The molecule has 0 fully saturated rings. The Morgan fingerprint density at radius 3 is 2.83 bits per heavy atom. The smallest absolute Gasteiger partial charge is 0.371 e. The van der Waals surface area contributed by atoms with Crippen molar-refractivity contribution >= 4 is 33.7 Å². The highest BCUT2D eigenvalue weighted by Gasteiger charge is 2.13. The molecule has 2 heterocycles. The summed E-state index contributed by atoms with van der Waals surface area (Å²) in [7, 11) is 1.87. The second-order valence-electron chi connectivity index (χ2n) is 3.68. The van der Waals surface area contributed by atoms with Gasteiger partial charge in [0.2, 0.25) is 5.76 Å². The third kappa shape index (κ3) is 2.62. The lowest BCUT2D eigenvalue weighted by Crippen LogP contribution is -1.96. The molecule has 5 nitrogen and oxygen atoms in total. The van der Waals surface area contributed by atoms with Gasteiger partial charge in [-0.3, -0.25) is 4.68 Å². The normalized spacial score (nSPS) is 10.8. The molecule has 0 atom stereocenters. The number of rotatable bonds is 4. The summed E-state index contributed by atoms with van der Waals surface area (Å²) >= 11 is 4.91. The maximum atomic E-state index is 10.7. The lowest BCUT2D eigenvalue weighted by molar-refractivity contribution is 0.0656. The molecule has 0 aliphatic rings. The van der Waals surface area contributed by atoms with Gasteiger partial charge >= 0.3 is 5.97 Å². The van der Waals surface area contributed by atoms with Crippen LogP contribution in [0.5, 0.6) is 0 Å². The number of aromatic nitrogens is 2. The summed E-state index contributed by atoms with van der Waals surface area (Å²) in [6.07, 6.45) is 0. The standard InChI is InChI=1S/C11H11BrN2O3S/c1-6-10(12)7(14(2)13-6)5-18-9-4-3-8(17-9)11(15)16/h3-4H,5H2,1-2H3,(H,15,16). The molecule has 7 heteroatoms. The molecular formula is C11H11BrN2O3S. The van der Waals surface area contributed by atoms with Gasteiger partial charge in [-0.05, 0) is 35.0 Å². The minimum Gasteiger partial charge on any atom is -0.475 e. The zero-order valence-corrected chi connectivity index (χ0v) is 12.2. The van der Waals surface area contributed by atoms with Crippen molar-refractivity contribution in [3.8, 4) is 0 Å². The number of aromatic carboxylic acids is 1. The maximum Gasteiger partial charge on any atom is 0.371 e. The van der Waals surface area contributed by atoms with E-state index in [0.717, 1.165) is 15.9 Å². The molecule has 0 saturated heterocycles. The van der Waals surface area contributed by atoms with E-state index in [9.17, 15) is 4.79 Å². The Kier molecular flexibility index (Phi) is 3.82. The van der Waals surface area contributed by atoms with Crippen LogP contribution in [0.25, 0.3) is 0 Å². The summed E-state index contributed by atoms with van der Waals surface area (Å²) in [5.74, 6) is -0.443. The molecule has 0 bridgehead atoms. The van der Waals surface area contributed by atoms with Crippen molar-refractivity contribution in [1.29, 1.82) is 0 Å². The van der Waals surface area contributed by atoms with Crippen LogP contribution in [0.4, 0.5) is 0 Å². The van der Waals surface area contributed by atoms with Gasteiger partial charge in [-0.25, -0.2) is 4.79 Å². The Morgan fingerprint density at radius 1 is 1.61 bits per heavy atom. The minimum absolute atomic E-state index is 0.0437. The van der Waals surface area contributed by atoms with Gasteiger partial charge in [0.15, 0.2) is 5.09 Å². The Hall–Kier alpha value is -1.21. The van der Waals surface area contributed by atoms with Gasteiger partial charge in [0, 0.05) is 12.8 Å². The second-order valence-corrected chi connectivity index (χ2v) is 5.45. The lowest BCUT2D eigenvalue weighted by atomic mass is 10.4. The van der Waals surface area contributed by atoms with E-state index < -0.39 is 5.97 Å². The third-order valence-corrected chi connectivity index (χ3v) is 4.36. The third-order valence-electron chi connectivity index (χ3n) is 2.40. The fraction of sp³-hybridized carbons (Fsp3) is 0.273. The number of aryl methyl sites for hydroxylation is 2. The molecule has 2 aromatic rings. The topological polar surface area (TPSA) is 68.3 Å². The summed E-state index contributed by atoms with van der Waals surface area (Å²) in [6, 6.07) is 3.11. The largest absolute Gasteiger partial charge is 0.475 e. The van der Waals surface area contributed by atoms with Crippen molar-refractivity contribution in [2.45, 2.75) is 17.8 Å². The molecule has 2 rings (SSSR count). The van der Waals surface area contributed by atoms with Crippen LogP contribution < -0.4 is 0 Å². The summed E-state index contributed by atoms with van der Waals surface area (Å²) in [4.78, 5) is 10.7. The first kappa shape index (κ1) is 13.2. The summed E-state index contributed by atoms with van der Waals surface area (Å²) < 4.78 is 7.95. The molecule has 0 amide bonds. The zero-order chi connectivity index (χ0) is 13.3. The number of thioether (sulfide) groups is 1. The maximum absolute atomic E-state index is 10.7. The molecule has 0 radical (unpaired) electrons. The van der Waals surface area contributed by atoms with Crippen molar-refractivity contribution in [2.24, 2.45) is 7.05 Å². The molecule has 0 aliphatic heterocycles. The van der Waals surface area contributed by atoms with Gasteiger partial charge in [-0.2, -0.15) is 5.10 Å². The number of halogens is 1. The lowest BCUT2D eigenvalue weighted by Gasteiger charge is -2.00. The van der Waals surface area contributed by atoms with E-state index in [1.165, 1.54) is 17.8 Å². The molecule has 96 valence electrons. The highest BCUT2D eigenvalue weighted by atomic mass is 79.9. The second kappa shape index (κ2) is 5.19. The van der Waals surface area contributed by atoms with Gasteiger partial charge in [0.1, 0.15) is 0 Å². The van der Waals surface area contributed by atoms with Crippen LogP contribution in [0.1, 0.15) is 21.9 Å². The molecule has 0 aromatic carbocycles. The van der Waals surface area contributed by atoms with Crippen molar-refractivity contribution in [2.75, 3.05) is 0 Å². The number of hydrogen-bond acceptors (Lipinski definition) is 4. The molecule has 1 N–H and O–H groups in total. The molecular weight excluding hydrogens is 320 g/mol. The fourth-order valence-electron chi connectivity index (χ4n) is 1.49. The first-order valence-electron chi connectivity index (χ1n) is 5.13. The van der Waals surface area contributed by atoms with E-state index in [0.29, 0.717) is 10.8 Å². The SMILES string of the molecule is Cc1nn(C)c(CSc2ccc(C(=O)O)o2)c1Br. The Bertz CT molecular complexity index is 591. The van der Waals surface area contributed by atoms with Crippen molar-refractivity contribution in [1.82, 2.24) is 9.78 Å². The molecule has 18 heavy (non-hydrogen) atoms. The quantitative estimate of drug-likeness (QED) is 0.872. The monoisotopic (exact) mass is 330 g/mol. The molecule has 0 spiro atoms. The van der Waals surface area contributed by atoms with E-state index in [4.69, 9.17) is 9.52 Å². The zero-order valence-electron chi connectivity index (χ0n) is 9.81. The van der Waals surface area contributed by atoms with Crippen LogP contribution in [0.2, 0.25) is 0 Å². The average molecular weight is 331 g/mol. The predicted molar refractivity (Wildman–Crippen MR) is 70.9 cm³/mol. The van der Waals surface area contributed by atoms with E-state index in [1.807, 2.05) is 14.0 Å². The molecule has 0 unspecified atom stereocenters. The minimum atomic E-state index is -1.06. The van der Waals surface area contributed by atoms with Gasteiger partial charge in [-0.15, -0.1) is 0 Å². The van der Waals surface area contributed by atoms with Crippen LogP contribution in [0.15, 0.2) is 26.1 Å². The van der Waals surface area contributed by atoms with Gasteiger partial charge in [0.25, 0.3) is 0 Å². The molecule has 0 aliphatic carbocycles. The molecule has 0 saturated carbocycles. The Morgan fingerprint density at radius 2 is 2.33 bits per heavy atom. The number of nitrogens with zero attached hydrogens (tertiary/aromatic N) is 2. The van der Waals surface area contributed by atoms with E-state index in [1.54, 1.807) is 10.7 Å². The number of carboxylic acids is 1. The van der Waals surface area contributed by atoms with Crippen LogP contribution >= 0.6 is 27.7 Å². The van der Waals surface area contributed by atoms with Gasteiger partial charge in [0.05, 0.1) is 15.9 Å². The molecule has 2 aromatic heterocycles. The van der Waals surface area contributed by atoms with Crippen LogP contribution in [0, 0.1) is 6.92 Å². The Balaban J connectivity index is 2.09. The van der Waals surface area contributed by atoms with Gasteiger partial charge < -0.3 is 9.52 Å². The summed E-state index contributed by atoms with van der Waals surface area (Å²) in [5, 5.41) is 13.6. The number of carbonyl (C=O) groups is 1. The van der Waals surface area contributed by atoms with E-state index in [-0.39, 0.29) is 5.76 Å². The fourth-order valence-corrected chi connectivity index (χ4v) is 3.07.